The normalized spacial score (nSPS) is 30.9. The highest BCUT2D eigenvalue weighted by molar-refractivity contribution is 7.89. The van der Waals surface area contributed by atoms with Gasteiger partial charge < -0.3 is 30.1 Å². The average Bonchev–Trinajstić information content (AvgIpc) is 3.25. The third kappa shape index (κ3) is 3.04. The van der Waals surface area contributed by atoms with Crippen LogP contribution in [0.2, 0.25) is 0 Å². The molecule has 3 aliphatic rings. The quantitative estimate of drug-likeness (QED) is 0.428. The number of amides is 1. The predicted octanol–water partition coefficient (Wildman–Crippen LogP) is 0.0351. The van der Waals surface area contributed by atoms with Gasteiger partial charge in [0.05, 0.1) is 28.7 Å². The van der Waals surface area contributed by atoms with Crippen LogP contribution in [-0.2, 0) is 10.0 Å². The Balaban J connectivity index is 1.65. The smallest absolute Gasteiger partial charge is 0.255 e. The van der Waals surface area contributed by atoms with Gasteiger partial charge in [-0.3, -0.25) is 4.79 Å². The van der Waals surface area contributed by atoms with Crippen LogP contribution >= 0.6 is 0 Å². The summed E-state index contributed by atoms with van der Waals surface area (Å²) in [5.41, 5.74) is 0.231. The Morgan fingerprint density at radius 2 is 1.84 bits per heavy atom. The molecule has 32 heavy (non-hydrogen) atoms. The first-order valence-corrected chi connectivity index (χ1v) is 11.6. The van der Waals surface area contributed by atoms with Crippen molar-refractivity contribution in [2.75, 3.05) is 6.79 Å². The number of hydrogen-bond donors (Lipinski definition) is 5. The third-order valence-corrected chi connectivity index (χ3v) is 7.97. The van der Waals surface area contributed by atoms with Crippen molar-refractivity contribution in [1.29, 1.82) is 0 Å². The van der Waals surface area contributed by atoms with Crippen molar-refractivity contribution >= 4 is 15.9 Å². The van der Waals surface area contributed by atoms with Crippen molar-refractivity contribution in [2.45, 2.75) is 42.0 Å². The molecule has 1 amide bonds. The van der Waals surface area contributed by atoms with Crippen molar-refractivity contribution in [3.8, 4) is 17.2 Å². The largest absolute Gasteiger partial charge is 0.504 e. The summed E-state index contributed by atoms with van der Waals surface area (Å²) < 4.78 is 39.2. The van der Waals surface area contributed by atoms with E-state index in [1.54, 1.807) is 25.1 Å². The number of hydrogen-bond acceptors (Lipinski definition) is 8. The molecular formula is C21H22N2O8S. The lowest BCUT2D eigenvalue weighted by Gasteiger charge is -2.50. The standard InChI is InChI=1S/C21H22N2O8S/c1-9-15-13(11-7-12-20(31-8-30-12)18(25)14(11)21(27)22-15)16(19(26)17(9)24)23-32(28,29)10-5-3-2-4-6-10/h2-7,9,13,15-17,19,23-26H,8H2,1H3,(H,22,27)/t9-,13+,15-,16+,17-,19-/m0/s1. The molecule has 5 N–H and O–H groups in total. The molecule has 2 heterocycles. The second-order valence-corrected chi connectivity index (χ2v) is 9.96. The summed E-state index contributed by atoms with van der Waals surface area (Å²) in [5.74, 6) is -2.15. The van der Waals surface area contributed by atoms with Crippen LogP contribution in [0.3, 0.4) is 0 Å². The number of carbonyl (C=O) groups is 1. The number of ether oxygens (including phenoxy) is 2. The van der Waals surface area contributed by atoms with Crippen molar-refractivity contribution in [2.24, 2.45) is 5.92 Å². The predicted molar refractivity (Wildman–Crippen MR) is 110 cm³/mol. The lowest BCUT2D eigenvalue weighted by atomic mass is 9.66. The van der Waals surface area contributed by atoms with E-state index < -0.39 is 57.8 Å². The summed E-state index contributed by atoms with van der Waals surface area (Å²) in [5, 5.41) is 35.0. The number of sulfonamides is 1. The zero-order chi connectivity index (χ0) is 22.8. The summed E-state index contributed by atoms with van der Waals surface area (Å²) in [4.78, 5) is 12.8. The molecule has 11 heteroatoms. The molecule has 1 aliphatic carbocycles. The van der Waals surface area contributed by atoms with E-state index in [2.05, 4.69) is 10.0 Å². The van der Waals surface area contributed by atoms with Gasteiger partial charge in [-0.25, -0.2) is 13.1 Å². The van der Waals surface area contributed by atoms with E-state index in [-0.39, 0.29) is 28.8 Å². The fourth-order valence-electron chi connectivity index (χ4n) is 4.87. The van der Waals surface area contributed by atoms with Gasteiger partial charge in [0.15, 0.2) is 11.5 Å². The van der Waals surface area contributed by atoms with Crippen molar-refractivity contribution < 1.29 is 38.0 Å². The summed E-state index contributed by atoms with van der Waals surface area (Å²) in [6, 6.07) is 7.25. The van der Waals surface area contributed by atoms with E-state index in [9.17, 15) is 28.5 Å². The van der Waals surface area contributed by atoms with Crippen LogP contribution in [0.25, 0.3) is 0 Å². The Bertz CT molecular complexity index is 1190. The van der Waals surface area contributed by atoms with Crippen LogP contribution in [0.4, 0.5) is 0 Å². The van der Waals surface area contributed by atoms with Crippen LogP contribution in [-0.4, -0.2) is 60.7 Å². The van der Waals surface area contributed by atoms with E-state index >= 15 is 0 Å². The number of aliphatic hydroxyl groups excluding tert-OH is 2. The van der Waals surface area contributed by atoms with Gasteiger partial charge >= 0.3 is 0 Å². The van der Waals surface area contributed by atoms with Gasteiger partial charge in [-0.1, -0.05) is 25.1 Å². The van der Waals surface area contributed by atoms with E-state index in [0.29, 0.717) is 5.56 Å². The molecule has 2 aromatic rings. The molecule has 0 aromatic heterocycles. The Morgan fingerprint density at radius 1 is 1.12 bits per heavy atom. The molecular weight excluding hydrogens is 440 g/mol. The maximum atomic E-state index is 13.1. The number of benzene rings is 2. The number of fused-ring (bicyclic) bond motifs is 4. The molecule has 1 fully saturated rings. The monoisotopic (exact) mass is 462 g/mol. The first kappa shape index (κ1) is 21.0. The molecule has 5 rings (SSSR count). The summed E-state index contributed by atoms with van der Waals surface area (Å²) in [6.45, 7) is 1.52. The molecule has 2 aromatic carbocycles. The fourth-order valence-corrected chi connectivity index (χ4v) is 6.16. The van der Waals surface area contributed by atoms with Gasteiger partial charge in [0.2, 0.25) is 22.6 Å². The topological polar surface area (TPSA) is 154 Å². The second-order valence-electron chi connectivity index (χ2n) is 8.25. The maximum absolute atomic E-state index is 13.1. The Morgan fingerprint density at radius 3 is 2.56 bits per heavy atom. The molecule has 6 atom stereocenters. The number of aromatic hydroxyl groups is 1. The number of nitrogens with one attached hydrogen (secondary N) is 2. The summed E-state index contributed by atoms with van der Waals surface area (Å²) in [7, 11) is -4.07. The van der Waals surface area contributed by atoms with E-state index in [1.165, 1.54) is 18.2 Å². The molecule has 0 saturated heterocycles. The molecule has 0 spiro atoms. The first-order chi connectivity index (χ1) is 15.2. The number of phenolic OH excluding ortho intramolecular Hbond substituents is 1. The molecule has 0 unspecified atom stereocenters. The Kier molecular flexibility index (Phi) is 4.82. The average molecular weight is 462 g/mol. The second kappa shape index (κ2) is 7.34. The van der Waals surface area contributed by atoms with Gasteiger partial charge in [-0.2, -0.15) is 0 Å². The molecule has 0 radical (unpaired) electrons. The Labute approximate surface area is 183 Å². The highest BCUT2D eigenvalue weighted by Crippen LogP contribution is 2.50. The van der Waals surface area contributed by atoms with Crippen molar-refractivity contribution in [3.05, 3.63) is 47.5 Å². The fraction of sp³-hybridized carbons (Fsp3) is 0.381. The number of phenols is 1. The third-order valence-electron chi connectivity index (χ3n) is 6.49. The minimum absolute atomic E-state index is 0.00883. The van der Waals surface area contributed by atoms with Crippen molar-refractivity contribution in [3.63, 3.8) is 0 Å². The maximum Gasteiger partial charge on any atom is 0.255 e. The van der Waals surface area contributed by atoms with E-state index in [0.717, 1.165) is 0 Å². The summed E-state index contributed by atoms with van der Waals surface area (Å²) >= 11 is 0. The lowest BCUT2D eigenvalue weighted by Crippen LogP contribution is -2.67. The molecule has 10 nitrogen and oxygen atoms in total. The molecule has 1 saturated carbocycles. The van der Waals surface area contributed by atoms with Gasteiger partial charge in [-0.15, -0.1) is 0 Å². The van der Waals surface area contributed by atoms with Crippen LogP contribution in [0.5, 0.6) is 17.2 Å². The number of rotatable bonds is 3. The minimum atomic E-state index is -4.07. The SMILES string of the molecule is C[C@@H]1[C@H](O)[C@@H](O)[C@H](NS(=O)(=O)c2ccccc2)[C@@H]2c3cc4c(c(O)c3C(=O)N[C@@H]12)OCO4. The van der Waals surface area contributed by atoms with Crippen LogP contribution in [0.15, 0.2) is 41.3 Å². The van der Waals surface area contributed by atoms with Crippen LogP contribution in [0, 0.1) is 5.92 Å². The first-order valence-electron chi connectivity index (χ1n) is 10.1. The molecule has 2 aliphatic heterocycles. The Hall–Kier alpha value is -2.86. The summed E-state index contributed by atoms with van der Waals surface area (Å²) in [6.07, 6.45) is -2.77. The van der Waals surface area contributed by atoms with E-state index in [1.807, 2.05) is 0 Å². The van der Waals surface area contributed by atoms with E-state index in [4.69, 9.17) is 9.47 Å². The van der Waals surface area contributed by atoms with Gasteiger partial charge in [0.1, 0.15) is 0 Å². The number of carbonyl (C=O) groups excluding carboxylic acids is 1. The van der Waals surface area contributed by atoms with Crippen molar-refractivity contribution in [1.82, 2.24) is 10.0 Å². The molecule has 0 bridgehead atoms. The zero-order valence-corrected chi connectivity index (χ0v) is 17.7. The van der Waals surface area contributed by atoms with Crippen LogP contribution < -0.4 is 19.5 Å². The van der Waals surface area contributed by atoms with Gasteiger partial charge in [0, 0.05) is 17.9 Å². The molecule has 170 valence electrons. The zero-order valence-electron chi connectivity index (χ0n) is 16.9. The van der Waals surface area contributed by atoms with Crippen LogP contribution in [0.1, 0.15) is 28.8 Å². The lowest BCUT2D eigenvalue weighted by molar-refractivity contribution is -0.0735. The minimum Gasteiger partial charge on any atom is -0.504 e. The highest BCUT2D eigenvalue weighted by atomic mass is 32.2. The van der Waals surface area contributed by atoms with Gasteiger partial charge in [-0.05, 0) is 23.8 Å². The van der Waals surface area contributed by atoms with Gasteiger partial charge in [0.25, 0.3) is 5.91 Å². The number of aliphatic hydroxyl groups is 2. The highest BCUT2D eigenvalue weighted by Gasteiger charge is 2.54.